The Morgan fingerprint density at radius 1 is 0.560 bits per heavy atom. The van der Waals surface area contributed by atoms with Gasteiger partial charge >= 0.3 is 0 Å². The van der Waals surface area contributed by atoms with Crippen LogP contribution in [0, 0.1) is 23.7 Å². The van der Waals surface area contributed by atoms with Gasteiger partial charge in [-0.1, -0.05) is 119 Å². The molecule has 2 heteroatoms. The van der Waals surface area contributed by atoms with Crippen LogP contribution in [-0.4, -0.2) is 0 Å². The molecule has 0 unspecified atom stereocenters. The summed E-state index contributed by atoms with van der Waals surface area (Å²) in [7, 11) is 0. The lowest BCUT2D eigenvalue weighted by Gasteiger charge is -2.63. The van der Waals surface area contributed by atoms with Crippen molar-refractivity contribution in [1.29, 1.82) is 0 Å². The molecule has 4 bridgehead atoms. The predicted octanol–water partition coefficient (Wildman–Crippen LogP) is 13.0. The van der Waals surface area contributed by atoms with Crippen molar-refractivity contribution in [3.05, 3.63) is 138 Å². The van der Waals surface area contributed by atoms with Gasteiger partial charge in [0.25, 0.3) is 0 Å². The molecule has 0 aromatic heterocycles. The molecular weight excluding hydrogens is 607 g/mol. The number of benzene rings is 5. The number of ether oxygens (including phenoxy) is 1. The Kier molecular flexibility index (Phi) is 6.62. The summed E-state index contributed by atoms with van der Waals surface area (Å²) in [6, 6.07) is 43.3. The number of fused-ring (bicyclic) bond motifs is 3. The fourth-order valence-corrected chi connectivity index (χ4v) is 11.9. The number of rotatable bonds is 4. The summed E-state index contributed by atoms with van der Waals surface area (Å²) in [5, 5.41) is 0. The van der Waals surface area contributed by atoms with Gasteiger partial charge in [-0.25, -0.2) is 0 Å². The first-order valence-corrected chi connectivity index (χ1v) is 19.2. The standard InChI is InChI=1S/C48H49NO/c1-46(2)24-25-47(3,4)43-39(46)19-13-20-41(43)49(36-16-9-6-10-17-36)44-37(33-14-7-5-8-15-33)22-23-40-45(44)50-42-21-12-11-18-38(42)48(40)34-27-31-26-32(29-34)30-35(48)28-31/h5-23,31-32,34-35H,24-30H2,1-4H3. The molecule has 4 saturated carbocycles. The van der Waals surface area contributed by atoms with E-state index in [4.69, 9.17) is 4.74 Å². The molecular formula is C48H49NO. The first-order valence-electron chi connectivity index (χ1n) is 19.2. The van der Waals surface area contributed by atoms with E-state index in [2.05, 4.69) is 148 Å². The predicted molar refractivity (Wildman–Crippen MR) is 206 cm³/mol. The first-order chi connectivity index (χ1) is 24.3. The van der Waals surface area contributed by atoms with Crippen LogP contribution in [0.1, 0.15) is 94.9 Å². The van der Waals surface area contributed by atoms with E-state index in [9.17, 15) is 0 Å². The molecule has 2 nitrogen and oxygen atoms in total. The van der Waals surface area contributed by atoms with Gasteiger partial charge in [0.15, 0.2) is 5.75 Å². The van der Waals surface area contributed by atoms with E-state index in [1.54, 1.807) is 0 Å². The molecule has 0 amide bonds. The Labute approximate surface area is 298 Å². The van der Waals surface area contributed by atoms with Gasteiger partial charge in [-0.15, -0.1) is 0 Å². The summed E-state index contributed by atoms with van der Waals surface area (Å²) in [4.78, 5) is 2.60. The number of nitrogens with zero attached hydrogens (tertiary/aromatic N) is 1. The second-order valence-electron chi connectivity index (χ2n) is 17.6. The molecule has 4 fully saturated rings. The van der Waals surface area contributed by atoms with Crippen LogP contribution in [0.4, 0.5) is 17.1 Å². The molecule has 1 heterocycles. The maximum absolute atomic E-state index is 7.42. The first kappa shape index (κ1) is 30.5. The molecule has 6 aliphatic rings. The minimum atomic E-state index is -0.0265. The highest BCUT2D eigenvalue weighted by atomic mass is 16.5. The van der Waals surface area contributed by atoms with E-state index in [1.165, 1.54) is 89.0 Å². The Hall–Kier alpha value is -4.30. The van der Waals surface area contributed by atoms with Gasteiger partial charge in [0.2, 0.25) is 0 Å². The molecule has 0 saturated heterocycles. The van der Waals surface area contributed by atoms with E-state index in [0.717, 1.165) is 29.8 Å². The molecule has 0 N–H and O–H groups in total. The highest BCUT2D eigenvalue weighted by Crippen LogP contribution is 2.70. The second-order valence-corrected chi connectivity index (χ2v) is 17.6. The summed E-state index contributed by atoms with van der Waals surface area (Å²) in [5.41, 5.74) is 12.0. The third-order valence-corrected chi connectivity index (χ3v) is 13.9. The topological polar surface area (TPSA) is 12.5 Å². The van der Waals surface area contributed by atoms with Gasteiger partial charge in [-0.2, -0.15) is 0 Å². The van der Waals surface area contributed by atoms with Crippen molar-refractivity contribution in [1.82, 2.24) is 0 Å². The third kappa shape index (κ3) is 4.26. The molecule has 1 spiro atoms. The van der Waals surface area contributed by atoms with Gasteiger partial charge in [0, 0.05) is 27.8 Å². The monoisotopic (exact) mass is 655 g/mol. The average Bonchev–Trinajstić information content (AvgIpc) is 3.13. The maximum atomic E-state index is 7.42. The molecule has 0 radical (unpaired) electrons. The molecule has 5 aromatic rings. The van der Waals surface area contributed by atoms with Crippen LogP contribution in [0.25, 0.3) is 11.1 Å². The van der Waals surface area contributed by atoms with Crippen molar-refractivity contribution >= 4 is 17.1 Å². The summed E-state index contributed by atoms with van der Waals surface area (Å²) >= 11 is 0. The lowest BCUT2D eigenvalue weighted by atomic mass is 9.41. The summed E-state index contributed by atoms with van der Waals surface area (Å²) in [5.74, 6) is 5.17. The van der Waals surface area contributed by atoms with Crippen molar-refractivity contribution in [2.45, 2.75) is 88.9 Å². The van der Waals surface area contributed by atoms with Crippen molar-refractivity contribution in [3.8, 4) is 22.6 Å². The van der Waals surface area contributed by atoms with E-state index >= 15 is 0 Å². The van der Waals surface area contributed by atoms with Crippen LogP contribution in [0.3, 0.4) is 0 Å². The summed E-state index contributed by atoms with van der Waals surface area (Å²) < 4.78 is 7.42. The molecule has 11 rings (SSSR count). The van der Waals surface area contributed by atoms with Crippen molar-refractivity contribution in [3.63, 3.8) is 0 Å². The number of hydrogen-bond acceptors (Lipinski definition) is 2. The Morgan fingerprint density at radius 3 is 1.90 bits per heavy atom. The zero-order valence-electron chi connectivity index (χ0n) is 30.1. The van der Waals surface area contributed by atoms with Crippen molar-refractivity contribution < 1.29 is 4.74 Å². The molecule has 50 heavy (non-hydrogen) atoms. The normalized spacial score (nSPS) is 27.6. The maximum Gasteiger partial charge on any atom is 0.156 e. The van der Waals surface area contributed by atoms with Gasteiger partial charge in [-0.3, -0.25) is 0 Å². The Bertz CT molecular complexity index is 2080. The zero-order valence-corrected chi connectivity index (χ0v) is 30.1. The van der Waals surface area contributed by atoms with Crippen LogP contribution >= 0.6 is 0 Å². The van der Waals surface area contributed by atoms with Crippen LogP contribution in [0.2, 0.25) is 0 Å². The van der Waals surface area contributed by atoms with Crippen LogP contribution in [0.5, 0.6) is 11.5 Å². The van der Waals surface area contributed by atoms with Crippen LogP contribution < -0.4 is 9.64 Å². The van der Waals surface area contributed by atoms with E-state index < -0.39 is 0 Å². The van der Waals surface area contributed by atoms with Gasteiger partial charge < -0.3 is 9.64 Å². The molecule has 252 valence electrons. The third-order valence-electron chi connectivity index (χ3n) is 13.9. The number of para-hydroxylation sites is 2. The SMILES string of the molecule is CC1(C)CCC(C)(C)c2c(N(c3ccccc3)c3c(-c4ccccc4)ccc4c3Oc3ccccc3C43C4CC5CC(C4)CC3C5)cccc21. The smallest absolute Gasteiger partial charge is 0.156 e. The Balaban J connectivity index is 1.32. The van der Waals surface area contributed by atoms with Crippen molar-refractivity contribution in [2.24, 2.45) is 23.7 Å². The van der Waals surface area contributed by atoms with Gasteiger partial charge in [-0.05, 0) is 120 Å². The molecule has 5 aromatic carbocycles. The summed E-state index contributed by atoms with van der Waals surface area (Å²) in [6.07, 6.45) is 9.15. The molecule has 1 aliphatic heterocycles. The molecule has 0 atom stereocenters. The highest BCUT2D eigenvalue weighted by molar-refractivity contribution is 5.95. The van der Waals surface area contributed by atoms with Gasteiger partial charge in [0.05, 0.1) is 11.4 Å². The highest BCUT2D eigenvalue weighted by Gasteiger charge is 2.61. The minimum absolute atomic E-state index is 0.0202. The minimum Gasteiger partial charge on any atom is -0.454 e. The number of anilines is 3. The van der Waals surface area contributed by atoms with E-state index in [1.807, 2.05) is 0 Å². The summed E-state index contributed by atoms with van der Waals surface area (Å²) in [6.45, 7) is 9.80. The Morgan fingerprint density at radius 2 is 1.18 bits per heavy atom. The second kappa shape index (κ2) is 10.8. The van der Waals surface area contributed by atoms with E-state index in [0.29, 0.717) is 11.8 Å². The van der Waals surface area contributed by atoms with Crippen LogP contribution in [-0.2, 0) is 16.2 Å². The number of hydrogen-bond donors (Lipinski definition) is 0. The molecule has 5 aliphatic carbocycles. The fourth-order valence-electron chi connectivity index (χ4n) is 11.9. The van der Waals surface area contributed by atoms with Crippen molar-refractivity contribution in [2.75, 3.05) is 4.90 Å². The largest absolute Gasteiger partial charge is 0.454 e. The quantitative estimate of drug-likeness (QED) is 0.191. The zero-order chi connectivity index (χ0) is 33.8. The lowest BCUT2D eigenvalue weighted by molar-refractivity contribution is -0.0451. The van der Waals surface area contributed by atoms with Gasteiger partial charge in [0.1, 0.15) is 5.75 Å². The lowest BCUT2D eigenvalue weighted by Crippen LogP contribution is -2.57. The van der Waals surface area contributed by atoms with Crippen LogP contribution in [0.15, 0.2) is 115 Å². The fraction of sp³-hybridized carbons (Fsp3) is 0.375. The average molecular weight is 656 g/mol. The van der Waals surface area contributed by atoms with E-state index in [-0.39, 0.29) is 16.2 Å².